The number of nitrogens with one attached hydrogen (secondary N) is 1. The third-order valence-corrected chi connectivity index (χ3v) is 1.79. The van der Waals surface area contributed by atoms with E-state index in [0.29, 0.717) is 0 Å². The molecule has 1 atom stereocenters. The van der Waals surface area contributed by atoms with Gasteiger partial charge in [-0.1, -0.05) is 15.9 Å². The van der Waals surface area contributed by atoms with E-state index < -0.39 is 23.7 Å². The highest BCUT2D eigenvalue weighted by molar-refractivity contribution is 9.09. The van der Waals surface area contributed by atoms with E-state index in [2.05, 4.69) is 21.2 Å². The molecule has 6 heteroatoms. The first-order valence-corrected chi connectivity index (χ1v) is 5.16. The van der Waals surface area contributed by atoms with E-state index in [0.717, 1.165) is 0 Å². The summed E-state index contributed by atoms with van der Waals surface area (Å²) >= 11 is 2.97. The number of carboxylic acids is 1. The zero-order chi connectivity index (χ0) is 11.4. The van der Waals surface area contributed by atoms with Crippen molar-refractivity contribution >= 4 is 28.0 Å². The van der Waals surface area contributed by atoms with E-state index in [1.807, 2.05) is 0 Å². The van der Waals surface area contributed by atoms with Gasteiger partial charge >= 0.3 is 12.1 Å². The molecule has 0 saturated carbocycles. The fourth-order valence-electron chi connectivity index (χ4n) is 0.616. The Morgan fingerprint density at radius 2 is 2.00 bits per heavy atom. The van der Waals surface area contributed by atoms with E-state index in [1.165, 1.54) is 0 Å². The summed E-state index contributed by atoms with van der Waals surface area (Å²) in [5.74, 6) is -1.10. The molecule has 0 aliphatic heterocycles. The molecule has 0 unspecified atom stereocenters. The van der Waals surface area contributed by atoms with Gasteiger partial charge in [0.15, 0.2) is 0 Å². The Kier molecular flexibility index (Phi) is 4.90. The Balaban J connectivity index is 4.11. The van der Waals surface area contributed by atoms with Crippen LogP contribution in [0.25, 0.3) is 0 Å². The van der Waals surface area contributed by atoms with Gasteiger partial charge < -0.3 is 15.2 Å². The van der Waals surface area contributed by atoms with Crippen LogP contribution in [0.1, 0.15) is 20.8 Å². The van der Waals surface area contributed by atoms with Gasteiger partial charge in [0, 0.05) is 5.33 Å². The van der Waals surface area contributed by atoms with Gasteiger partial charge in [0.25, 0.3) is 0 Å². The summed E-state index contributed by atoms with van der Waals surface area (Å²) in [5.41, 5.74) is -0.626. The average molecular weight is 268 g/mol. The van der Waals surface area contributed by atoms with Crippen LogP contribution in [-0.4, -0.2) is 34.1 Å². The molecule has 0 aromatic carbocycles. The molecule has 5 nitrogen and oxygen atoms in total. The Hall–Kier alpha value is -0.780. The smallest absolute Gasteiger partial charge is 0.408 e. The second kappa shape index (κ2) is 5.19. The normalized spacial score (nSPS) is 13.1. The molecular formula is C8H14BrNO4. The second-order valence-corrected chi connectivity index (χ2v) is 4.34. The maximum atomic E-state index is 11.1. The highest BCUT2D eigenvalue weighted by atomic mass is 79.9. The van der Waals surface area contributed by atoms with Crippen molar-refractivity contribution in [1.29, 1.82) is 0 Å². The van der Waals surface area contributed by atoms with Crippen LogP contribution < -0.4 is 5.32 Å². The number of carboxylic acid groups (broad SMARTS) is 1. The summed E-state index contributed by atoms with van der Waals surface area (Å²) < 4.78 is 4.89. The zero-order valence-corrected chi connectivity index (χ0v) is 9.92. The molecule has 0 rings (SSSR count). The van der Waals surface area contributed by atoms with Crippen LogP contribution in [0.4, 0.5) is 4.79 Å². The molecule has 2 N–H and O–H groups in total. The molecule has 0 heterocycles. The van der Waals surface area contributed by atoms with Crippen molar-refractivity contribution < 1.29 is 19.4 Å². The molecule has 0 spiro atoms. The van der Waals surface area contributed by atoms with Gasteiger partial charge in [0.05, 0.1) is 0 Å². The topological polar surface area (TPSA) is 75.6 Å². The first kappa shape index (κ1) is 13.2. The van der Waals surface area contributed by atoms with Crippen LogP contribution in [0.2, 0.25) is 0 Å². The van der Waals surface area contributed by atoms with Gasteiger partial charge in [-0.2, -0.15) is 0 Å². The van der Waals surface area contributed by atoms with Crippen molar-refractivity contribution in [2.75, 3.05) is 5.33 Å². The Morgan fingerprint density at radius 1 is 1.50 bits per heavy atom. The molecule has 1 amide bonds. The molecule has 82 valence electrons. The van der Waals surface area contributed by atoms with E-state index in [1.54, 1.807) is 20.8 Å². The molecule has 0 aromatic heterocycles. The third-order valence-electron chi connectivity index (χ3n) is 1.14. The molecule has 0 bridgehead atoms. The fourth-order valence-corrected chi connectivity index (χ4v) is 1.05. The molecule has 0 aliphatic rings. The van der Waals surface area contributed by atoms with Crippen LogP contribution >= 0.6 is 15.9 Å². The molecule has 0 aliphatic carbocycles. The number of carbonyl (C=O) groups is 2. The quantitative estimate of drug-likeness (QED) is 0.758. The number of ether oxygens (including phenoxy) is 1. The Bertz CT molecular complexity index is 224. The highest BCUT2D eigenvalue weighted by Gasteiger charge is 2.22. The number of rotatable bonds is 3. The predicted octanol–water partition coefficient (Wildman–Crippen LogP) is 1.36. The van der Waals surface area contributed by atoms with Crippen LogP contribution in [-0.2, 0) is 9.53 Å². The lowest BCUT2D eigenvalue weighted by atomic mass is 10.2. The molecule has 0 aromatic rings. The Labute approximate surface area is 90.9 Å². The van der Waals surface area contributed by atoms with Gasteiger partial charge in [-0.3, -0.25) is 0 Å². The number of halogens is 1. The van der Waals surface area contributed by atoms with E-state index in [4.69, 9.17) is 9.84 Å². The minimum Gasteiger partial charge on any atom is -0.480 e. The number of carbonyl (C=O) groups excluding carboxylic acids is 1. The minimum absolute atomic E-state index is 0.140. The lowest BCUT2D eigenvalue weighted by molar-refractivity contribution is -0.138. The number of hydrogen-bond acceptors (Lipinski definition) is 3. The van der Waals surface area contributed by atoms with Crippen molar-refractivity contribution in [1.82, 2.24) is 5.32 Å². The first-order valence-electron chi connectivity index (χ1n) is 4.04. The van der Waals surface area contributed by atoms with Crippen LogP contribution in [0.5, 0.6) is 0 Å². The van der Waals surface area contributed by atoms with Gasteiger partial charge in [-0.25, -0.2) is 9.59 Å². The summed E-state index contributed by atoms with van der Waals surface area (Å²) in [4.78, 5) is 21.6. The van der Waals surface area contributed by atoms with Crippen molar-refractivity contribution in [3.05, 3.63) is 0 Å². The number of aliphatic carboxylic acids is 1. The van der Waals surface area contributed by atoms with Gasteiger partial charge in [-0.15, -0.1) is 0 Å². The van der Waals surface area contributed by atoms with Crippen molar-refractivity contribution in [2.45, 2.75) is 32.4 Å². The van der Waals surface area contributed by atoms with E-state index >= 15 is 0 Å². The number of amides is 1. The maximum absolute atomic E-state index is 11.1. The summed E-state index contributed by atoms with van der Waals surface area (Å²) in [6.45, 7) is 5.11. The van der Waals surface area contributed by atoms with Gasteiger partial charge in [0.2, 0.25) is 0 Å². The monoisotopic (exact) mass is 267 g/mol. The molecule has 14 heavy (non-hydrogen) atoms. The van der Waals surface area contributed by atoms with E-state index in [-0.39, 0.29) is 5.33 Å². The highest BCUT2D eigenvalue weighted by Crippen LogP contribution is 2.07. The number of alkyl halides is 1. The first-order chi connectivity index (χ1) is 6.26. The van der Waals surface area contributed by atoms with E-state index in [9.17, 15) is 9.59 Å². The molecular weight excluding hydrogens is 254 g/mol. The lowest BCUT2D eigenvalue weighted by Gasteiger charge is -2.21. The fraction of sp³-hybridized carbons (Fsp3) is 0.750. The second-order valence-electron chi connectivity index (χ2n) is 3.69. The van der Waals surface area contributed by atoms with Crippen molar-refractivity contribution in [3.63, 3.8) is 0 Å². The third kappa shape index (κ3) is 5.80. The van der Waals surface area contributed by atoms with Crippen LogP contribution in [0.3, 0.4) is 0 Å². The van der Waals surface area contributed by atoms with Crippen LogP contribution in [0, 0.1) is 0 Å². The SMILES string of the molecule is CC(C)(C)OC(=O)N[C@H](CBr)C(=O)O. The predicted molar refractivity (Wildman–Crippen MR) is 54.6 cm³/mol. The minimum atomic E-state index is -1.10. The molecule has 0 saturated heterocycles. The summed E-state index contributed by atoms with van der Waals surface area (Å²) in [6, 6.07) is -0.968. The van der Waals surface area contributed by atoms with Gasteiger partial charge in [-0.05, 0) is 20.8 Å². The molecule has 0 radical (unpaired) electrons. The van der Waals surface area contributed by atoms with Crippen molar-refractivity contribution in [2.24, 2.45) is 0 Å². The summed E-state index contributed by atoms with van der Waals surface area (Å²) in [5, 5.41) is 11.0. The summed E-state index contributed by atoms with van der Waals surface area (Å²) in [6.07, 6.45) is -0.732. The lowest BCUT2D eigenvalue weighted by Crippen LogP contribution is -2.44. The average Bonchev–Trinajstić information content (AvgIpc) is 1.96. The van der Waals surface area contributed by atoms with Crippen molar-refractivity contribution in [3.8, 4) is 0 Å². The molecule has 0 fully saturated rings. The number of hydrogen-bond donors (Lipinski definition) is 2. The van der Waals surface area contributed by atoms with Gasteiger partial charge in [0.1, 0.15) is 11.6 Å². The van der Waals surface area contributed by atoms with Crippen LogP contribution in [0.15, 0.2) is 0 Å². The Morgan fingerprint density at radius 3 is 2.29 bits per heavy atom. The maximum Gasteiger partial charge on any atom is 0.408 e. The standard InChI is InChI=1S/C8H14BrNO4/c1-8(2,3)14-7(13)10-5(4-9)6(11)12/h5H,4H2,1-3H3,(H,10,13)(H,11,12)/t5-/m1/s1. The number of alkyl carbamates (subject to hydrolysis) is 1. The largest absolute Gasteiger partial charge is 0.480 e. The zero-order valence-electron chi connectivity index (χ0n) is 8.33. The summed E-state index contributed by atoms with van der Waals surface area (Å²) in [7, 11) is 0.